The average molecular weight is 384 g/mol. The molecule has 0 aliphatic carbocycles. The second-order valence-electron chi connectivity index (χ2n) is 7.82. The lowest BCUT2D eigenvalue weighted by molar-refractivity contribution is 0.0882. The second kappa shape index (κ2) is 8.93. The maximum Gasteiger partial charge on any atom is 0.146 e. The Balaban J connectivity index is 1.33. The number of para-hydroxylation sites is 2. The molecule has 0 bridgehead atoms. The molecule has 2 heterocycles. The Morgan fingerprint density at radius 2 is 1.71 bits per heavy atom. The molecule has 0 aromatic heterocycles. The van der Waals surface area contributed by atoms with E-state index >= 15 is 0 Å². The summed E-state index contributed by atoms with van der Waals surface area (Å²) in [4.78, 5) is 7.34. The number of halogens is 1. The van der Waals surface area contributed by atoms with Gasteiger partial charge in [0.1, 0.15) is 11.6 Å². The first-order chi connectivity index (χ1) is 13.7. The van der Waals surface area contributed by atoms with Crippen molar-refractivity contribution in [1.82, 2.24) is 9.80 Å². The largest absolute Gasteiger partial charge is 0.496 e. The minimum Gasteiger partial charge on any atom is -0.496 e. The summed E-state index contributed by atoms with van der Waals surface area (Å²) in [5.41, 5.74) is 2.00. The van der Waals surface area contributed by atoms with E-state index < -0.39 is 0 Å². The smallest absolute Gasteiger partial charge is 0.146 e. The summed E-state index contributed by atoms with van der Waals surface area (Å²) in [5, 5.41) is 0. The number of ether oxygens (including phenoxy) is 1. The van der Waals surface area contributed by atoms with Crippen molar-refractivity contribution in [2.75, 3.05) is 51.3 Å². The maximum absolute atomic E-state index is 14.1. The van der Waals surface area contributed by atoms with Gasteiger partial charge in [-0.2, -0.15) is 0 Å². The average Bonchev–Trinajstić information content (AvgIpc) is 2.75. The lowest BCUT2D eigenvalue weighted by Crippen LogP contribution is -2.55. The van der Waals surface area contributed by atoms with Gasteiger partial charge >= 0.3 is 0 Å². The van der Waals surface area contributed by atoms with Crippen molar-refractivity contribution >= 4 is 5.69 Å². The first kappa shape index (κ1) is 19.2. The van der Waals surface area contributed by atoms with Crippen LogP contribution in [0, 0.1) is 5.82 Å². The topological polar surface area (TPSA) is 19.0 Å². The molecule has 2 fully saturated rings. The molecular formula is C23H30FN3O. The lowest BCUT2D eigenvalue weighted by Gasteiger charge is -2.44. The summed E-state index contributed by atoms with van der Waals surface area (Å²) in [7, 11) is 1.74. The standard InChI is InChI=1S/C23H30FN3O/c1-28-23-11-5-2-7-19(23)17-25-12-6-8-20(18-25)26-13-15-27(16-14-26)22-10-4-3-9-21(22)24/h2-5,7,9-11,20H,6,8,12-18H2,1H3/t20-/m0/s1. The van der Waals surface area contributed by atoms with E-state index in [1.807, 2.05) is 24.3 Å². The predicted molar refractivity (Wildman–Crippen MR) is 111 cm³/mol. The molecular weight excluding hydrogens is 353 g/mol. The quantitative estimate of drug-likeness (QED) is 0.785. The van der Waals surface area contributed by atoms with Crippen LogP contribution in [-0.2, 0) is 6.54 Å². The zero-order valence-corrected chi connectivity index (χ0v) is 16.7. The molecule has 2 aromatic carbocycles. The summed E-state index contributed by atoms with van der Waals surface area (Å²) in [6.45, 7) is 6.97. The highest BCUT2D eigenvalue weighted by Crippen LogP contribution is 2.25. The number of methoxy groups -OCH3 is 1. The van der Waals surface area contributed by atoms with Crippen LogP contribution >= 0.6 is 0 Å². The normalized spacial score (nSPS) is 21.6. The Bertz CT molecular complexity index is 776. The molecule has 0 N–H and O–H groups in total. The summed E-state index contributed by atoms with van der Waals surface area (Å²) >= 11 is 0. The number of nitrogens with zero attached hydrogens (tertiary/aromatic N) is 3. The van der Waals surface area contributed by atoms with Gasteiger partial charge in [-0.1, -0.05) is 30.3 Å². The van der Waals surface area contributed by atoms with Gasteiger partial charge < -0.3 is 9.64 Å². The molecule has 4 nitrogen and oxygen atoms in total. The van der Waals surface area contributed by atoms with Crippen LogP contribution in [0.25, 0.3) is 0 Å². The fourth-order valence-corrected chi connectivity index (χ4v) is 4.58. The molecule has 0 saturated carbocycles. The molecule has 0 radical (unpaired) electrons. The van der Waals surface area contributed by atoms with Crippen molar-refractivity contribution in [3.05, 3.63) is 59.9 Å². The van der Waals surface area contributed by atoms with Crippen LogP contribution in [0.4, 0.5) is 10.1 Å². The van der Waals surface area contributed by atoms with E-state index in [4.69, 9.17) is 4.74 Å². The van der Waals surface area contributed by atoms with E-state index in [-0.39, 0.29) is 5.82 Å². The van der Waals surface area contributed by atoms with E-state index in [1.165, 1.54) is 18.4 Å². The third kappa shape index (κ3) is 4.31. The summed E-state index contributed by atoms with van der Waals surface area (Å²) < 4.78 is 19.6. The number of rotatable bonds is 5. The van der Waals surface area contributed by atoms with Gasteiger partial charge in [-0.25, -0.2) is 4.39 Å². The molecule has 0 unspecified atom stereocenters. The van der Waals surface area contributed by atoms with Crippen molar-refractivity contribution < 1.29 is 9.13 Å². The van der Waals surface area contributed by atoms with Crippen LogP contribution in [-0.4, -0.2) is 62.2 Å². The Kier molecular flexibility index (Phi) is 6.13. The first-order valence-electron chi connectivity index (χ1n) is 10.3. The third-order valence-electron chi connectivity index (χ3n) is 6.09. The van der Waals surface area contributed by atoms with E-state index in [9.17, 15) is 4.39 Å². The SMILES string of the molecule is COc1ccccc1CN1CCC[C@H](N2CCN(c3ccccc3F)CC2)C1. The van der Waals surface area contributed by atoms with Crippen molar-refractivity contribution in [2.45, 2.75) is 25.4 Å². The van der Waals surface area contributed by atoms with Crippen LogP contribution < -0.4 is 9.64 Å². The fraction of sp³-hybridized carbons (Fsp3) is 0.478. The van der Waals surface area contributed by atoms with Gasteiger partial charge in [-0.05, 0) is 37.6 Å². The van der Waals surface area contributed by atoms with Gasteiger partial charge in [0.25, 0.3) is 0 Å². The summed E-state index contributed by atoms with van der Waals surface area (Å²) in [6, 6.07) is 16.0. The number of piperazine rings is 1. The first-order valence-corrected chi connectivity index (χ1v) is 10.3. The van der Waals surface area contributed by atoms with Gasteiger partial charge in [-0.15, -0.1) is 0 Å². The molecule has 150 valence electrons. The van der Waals surface area contributed by atoms with E-state index in [0.29, 0.717) is 6.04 Å². The minimum absolute atomic E-state index is 0.114. The Morgan fingerprint density at radius 1 is 0.964 bits per heavy atom. The zero-order valence-electron chi connectivity index (χ0n) is 16.7. The molecule has 2 aliphatic rings. The van der Waals surface area contributed by atoms with E-state index in [2.05, 4.69) is 26.8 Å². The highest BCUT2D eigenvalue weighted by atomic mass is 19.1. The number of hydrogen-bond donors (Lipinski definition) is 0. The maximum atomic E-state index is 14.1. The third-order valence-corrected chi connectivity index (χ3v) is 6.09. The van der Waals surface area contributed by atoms with Crippen LogP contribution in [0.3, 0.4) is 0 Å². The molecule has 2 aliphatic heterocycles. The van der Waals surface area contributed by atoms with Gasteiger partial charge in [0.2, 0.25) is 0 Å². The minimum atomic E-state index is -0.114. The Hall–Kier alpha value is -2.11. The monoisotopic (exact) mass is 383 g/mol. The molecule has 4 rings (SSSR count). The highest BCUT2D eigenvalue weighted by molar-refractivity contribution is 5.48. The Morgan fingerprint density at radius 3 is 2.50 bits per heavy atom. The molecule has 2 saturated heterocycles. The van der Waals surface area contributed by atoms with Gasteiger partial charge in [0, 0.05) is 50.9 Å². The van der Waals surface area contributed by atoms with Crippen molar-refractivity contribution in [3.63, 3.8) is 0 Å². The van der Waals surface area contributed by atoms with Crippen LogP contribution in [0.1, 0.15) is 18.4 Å². The molecule has 5 heteroatoms. The lowest BCUT2D eigenvalue weighted by atomic mass is 10.0. The van der Waals surface area contributed by atoms with Crippen molar-refractivity contribution in [2.24, 2.45) is 0 Å². The van der Waals surface area contributed by atoms with Crippen molar-refractivity contribution in [1.29, 1.82) is 0 Å². The van der Waals surface area contributed by atoms with Crippen LogP contribution in [0.2, 0.25) is 0 Å². The van der Waals surface area contributed by atoms with Crippen LogP contribution in [0.5, 0.6) is 5.75 Å². The Labute approximate surface area is 167 Å². The predicted octanol–water partition coefficient (Wildman–Crippen LogP) is 3.62. The number of anilines is 1. The highest BCUT2D eigenvalue weighted by Gasteiger charge is 2.29. The van der Waals surface area contributed by atoms with Gasteiger partial charge in [-0.3, -0.25) is 9.80 Å². The van der Waals surface area contributed by atoms with E-state index in [1.54, 1.807) is 19.2 Å². The van der Waals surface area contributed by atoms with Crippen LogP contribution in [0.15, 0.2) is 48.5 Å². The molecule has 0 amide bonds. The summed E-state index contributed by atoms with van der Waals surface area (Å²) in [5.74, 6) is 0.861. The van der Waals surface area contributed by atoms with E-state index in [0.717, 1.165) is 57.3 Å². The fourth-order valence-electron chi connectivity index (χ4n) is 4.58. The van der Waals surface area contributed by atoms with Crippen molar-refractivity contribution in [3.8, 4) is 5.75 Å². The molecule has 1 atom stereocenters. The molecule has 2 aromatic rings. The summed E-state index contributed by atoms with van der Waals surface area (Å²) in [6.07, 6.45) is 2.48. The number of likely N-dealkylation sites (tertiary alicyclic amines) is 1. The zero-order chi connectivity index (χ0) is 19.3. The van der Waals surface area contributed by atoms with Gasteiger partial charge in [0.15, 0.2) is 0 Å². The number of benzene rings is 2. The second-order valence-corrected chi connectivity index (χ2v) is 7.82. The van der Waals surface area contributed by atoms with Gasteiger partial charge in [0.05, 0.1) is 12.8 Å². The number of piperidine rings is 1. The molecule has 28 heavy (non-hydrogen) atoms. The number of hydrogen-bond acceptors (Lipinski definition) is 4. The molecule has 0 spiro atoms.